The second-order valence-corrected chi connectivity index (χ2v) is 9.31. The number of amides is 1. The summed E-state index contributed by atoms with van der Waals surface area (Å²) in [7, 11) is 1.57. The monoisotopic (exact) mass is 557 g/mol. The number of nitro benzene ring substituents is 1. The molecule has 0 spiro atoms. The van der Waals surface area contributed by atoms with Crippen molar-refractivity contribution in [2.24, 2.45) is 0 Å². The Morgan fingerprint density at radius 3 is 2.49 bits per heavy atom. The standard InChI is InChI=1S/C26H22F3N5O4S/c1-16(30-24(35)18-6-4-7-19(14-18)26(27,28)29)23-31-32-25(39-15-17-5-3-8-22(13-17)38-2)33(23)20-9-11-21(12-10-20)34(36)37/h3-14,16H,15H2,1-2H3,(H,30,35). The van der Waals surface area contributed by atoms with Crippen LogP contribution in [-0.2, 0) is 11.9 Å². The summed E-state index contributed by atoms with van der Waals surface area (Å²) in [6.45, 7) is 1.62. The number of nitrogens with zero attached hydrogens (tertiary/aromatic N) is 4. The Bertz CT molecular complexity index is 1490. The number of thioether (sulfide) groups is 1. The van der Waals surface area contributed by atoms with Crippen molar-refractivity contribution in [3.63, 3.8) is 0 Å². The van der Waals surface area contributed by atoms with Crippen LogP contribution >= 0.6 is 11.8 Å². The number of carbonyl (C=O) groups is 1. The number of nitrogens with one attached hydrogen (secondary N) is 1. The lowest BCUT2D eigenvalue weighted by molar-refractivity contribution is -0.384. The van der Waals surface area contributed by atoms with Crippen LogP contribution in [0.2, 0.25) is 0 Å². The number of rotatable bonds is 9. The van der Waals surface area contributed by atoms with Crippen molar-refractivity contribution in [2.45, 2.75) is 30.1 Å². The molecule has 0 aliphatic carbocycles. The van der Waals surface area contributed by atoms with E-state index in [0.29, 0.717) is 22.3 Å². The number of aromatic nitrogens is 3. The highest BCUT2D eigenvalue weighted by molar-refractivity contribution is 7.98. The highest BCUT2D eigenvalue weighted by atomic mass is 32.2. The number of hydrogen-bond donors (Lipinski definition) is 1. The molecule has 1 aromatic heterocycles. The number of ether oxygens (including phenoxy) is 1. The third-order valence-electron chi connectivity index (χ3n) is 5.67. The Kier molecular flexibility index (Phi) is 8.19. The van der Waals surface area contributed by atoms with Gasteiger partial charge in [0, 0.05) is 29.1 Å². The van der Waals surface area contributed by atoms with Crippen LogP contribution in [0.3, 0.4) is 0 Å². The maximum absolute atomic E-state index is 13.1. The fourth-order valence-corrected chi connectivity index (χ4v) is 4.61. The molecule has 1 N–H and O–H groups in total. The lowest BCUT2D eigenvalue weighted by atomic mass is 10.1. The van der Waals surface area contributed by atoms with Gasteiger partial charge in [0.1, 0.15) is 5.75 Å². The summed E-state index contributed by atoms with van der Waals surface area (Å²) in [5, 5.41) is 22.8. The topological polar surface area (TPSA) is 112 Å². The molecule has 0 bridgehead atoms. The molecule has 13 heteroatoms. The summed E-state index contributed by atoms with van der Waals surface area (Å²) in [5.41, 5.74) is 0.252. The number of methoxy groups -OCH3 is 1. The second-order valence-electron chi connectivity index (χ2n) is 8.36. The third kappa shape index (κ3) is 6.55. The molecule has 1 amide bonds. The van der Waals surface area contributed by atoms with Crippen LogP contribution in [0.15, 0.2) is 78.0 Å². The van der Waals surface area contributed by atoms with Crippen molar-refractivity contribution in [1.82, 2.24) is 20.1 Å². The highest BCUT2D eigenvalue weighted by Crippen LogP contribution is 2.31. The fourth-order valence-electron chi connectivity index (χ4n) is 3.71. The van der Waals surface area contributed by atoms with Crippen molar-refractivity contribution < 1.29 is 27.6 Å². The van der Waals surface area contributed by atoms with Gasteiger partial charge in [0.15, 0.2) is 11.0 Å². The Morgan fingerprint density at radius 1 is 1.10 bits per heavy atom. The Balaban J connectivity index is 1.64. The largest absolute Gasteiger partial charge is 0.497 e. The molecule has 0 aliphatic rings. The summed E-state index contributed by atoms with van der Waals surface area (Å²) < 4.78 is 46.2. The van der Waals surface area contributed by atoms with E-state index in [2.05, 4.69) is 15.5 Å². The van der Waals surface area contributed by atoms with Crippen LogP contribution in [0.5, 0.6) is 5.75 Å². The van der Waals surface area contributed by atoms with E-state index in [-0.39, 0.29) is 17.1 Å². The van der Waals surface area contributed by atoms with E-state index in [0.717, 1.165) is 23.8 Å². The van der Waals surface area contributed by atoms with Crippen molar-refractivity contribution in [2.75, 3.05) is 7.11 Å². The smallest absolute Gasteiger partial charge is 0.416 e. The molecule has 1 unspecified atom stereocenters. The summed E-state index contributed by atoms with van der Waals surface area (Å²) in [6, 6.07) is 16.5. The van der Waals surface area contributed by atoms with Crippen LogP contribution in [0.4, 0.5) is 18.9 Å². The molecular formula is C26H22F3N5O4S. The van der Waals surface area contributed by atoms with E-state index < -0.39 is 28.6 Å². The summed E-state index contributed by atoms with van der Waals surface area (Å²) >= 11 is 1.35. The van der Waals surface area contributed by atoms with Crippen LogP contribution in [0.1, 0.15) is 40.3 Å². The lowest BCUT2D eigenvalue weighted by Crippen LogP contribution is -2.29. The summed E-state index contributed by atoms with van der Waals surface area (Å²) in [6.07, 6.45) is -4.59. The van der Waals surface area contributed by atoms with E-state index in [1.165, 1.54) is 42.1 Å². The molecular weight excluding hydrogens is 535 g/mol. The van der Waals surface area contributed by atoms with Crippen LogP contribution < -0.4 is 10.1 Å². The number of carbonyl (C=O) groups excluding carboxylic acids is 1. The van der Waals surface area contributed by atoms with Gasteiger partial charge in [-0.25, -0.2) is 0 Å². The molecule has 3 aromatic carbocycles. The van der Waals surface area contributed by atoms with Gasteiger partial charge in [-0.15, -0.1) is 10.2 Å². The SMILES string of the molecule is COc1cccc(CSc2nnc(C(C)NC(=O)c3cccc(C(F)(F)F)c3)n2-c2ccc([N+](=O)[O-])cc2)c1. The number of halogens is 3. The van der Waals surface area contributed by atoms with Crippen molar-refractivity contribution in [1.29, 1.82) is 0 Å². The number of hydrogen-bond acceptors (Lipinski definition) is 7. The lowest BCUT2D eigenvalue weighted by Gasteiger charge is -2.17. The van der Waals surface area contributed by atoms with Crippen molar-refractivity contribution >= 4 is 23.4 Å². The first kappa shape index (κ1) is 27.6. The Labute approximate surface area is 225 Å². The summed E-state index contributed by atoms with van der Waals surface area (Å²) in [4.78, 5) is 23.4. The van der Waals surface area contributed by atoms with E-state index >= 15 is 0 Å². The van der Waals surface area contributed by atoms with Gasteiger partial charge in [-0.3, -0.25) is 19.5 Å². The van der Waals surface area contributed by atoms with E-state index in [1.807, 2.05) is 24.3 Å². The molecule has 0 radical (unpaired) electrons. The minimum Gasteiger partial charge on any atom is -0.497 e. The van der Waals surface area contributed by atoms with Gasteiger partial charge in [-0.1, -0.05) is 30.0 Å². The zero-order valence-electron chi connectivity index (χ0n) is 20.7. The van der Waals surface area contributed by atoms with Crippen LogP contribution in [0, 0.1) is 10.1 Å². The van der Waals surface area contributed by atoms with Crippen molar-refractivity contribution in [3.8, 4) is 11.4 Å². The summed E-state index contributed by atoms with van der Waals surface area (Å²) in [5.74, 6) is 0.749. The maximum Gasteiger partial charge on any atom is 0.416 e. The average molecular weight is 558 g/mol. The molecule has 1 heterocycles. The predicted octanol–water partition coefficient (Wildman–Crippen LogP) is 5.99. The van der Waals surface area contributed by atoms with E-state index in [9.17, 15) is 28.1 Å². The minimum absolute atomic E-state index is 0.107. The van der Waals surface area contributed by atoms with Crippen LogP contribution in [0.25, 0.3) is 5.69 Å². The van der Waals surface area contributed by atoms with Crippen molar-refractivity contribution in [3.05, 3.63) is 105 Å². The first-order chi connectivity index (χ1) is 18.6. The molecule has 0 saturated heterocycles. The predicted molar refractivity (Wildman–Crippen MR) is 138 cm³/mol. The molecule has 39 heavy (non-hydrogen) atoms. The molecule has 4 rings (SSSR count). The molecule has 202 valence electrons. The Hall–Kier alpha value is -4.39. The second kappa shape index (κ2) is 11.6. The number of nitro groups is 1. The van der Waals surface area contributed by atoms with Gasteiger partial charge in [0.2, 0.25) is 0 Å². The van der Waals surface area contributed by atoms with Gasteiger partial charge in [0.25, 0.3) is 11.6 Å². The van der Waals surface area contributed by atoms with Gasteiger partial charge in [0.05, 0.1) is 23.6 Å². The number of non-ortho nitro benzene ring substituents is 1. The minimum atomic E-state index is -4.59. The maximum atomic E-state index is 13.1. The highest BCUT2D eigenvalue weighted by Gasteiger charge is 2.31. The normalized spacial score (nSPS) is 12.1. The zero-order valence-corrected chi connectivity index (χ0v) is 21.5. The van der Waals surface area contributed by atoms with Crippen LogP contribution in [-0.4, -0.2) is 32.7 Å². The first-order valence-corrected chi connectivity index (χ1v) is 12.5. The molecule has 0 aliphatic heterocycles. The third-order valence-corrected chi connectivity index (χ3v) is 6.67. The van der Waals surface area contributed by atoms with E-state index in [1.54, 1.807) is 18.6 Å². The van der Waals surface area contributed by atoms with E-state index in [4.69, 9.17) is 4.74 Å². The zero-order chi connectivity index (χ0) is 28.2. The van der Waals surface area contributed by atoms with Gasteiger partial charge in [-0.2, -0.15) is 13.2 Å². The molecule has 1 atom stereocenters. The number of benzene rings is 3. The van der Waals surface area contributed by atoms with Gasteiger partial charge < -0.3 is 10.1 Å². The first-order valence-electron chi connectivity index (χ1n) is 11.5. The van der Waals surface area contributed by atoms with Gasteiger partial charge >= 0.3 is 6.18 Å². The quantitative estimate of drug-likeness (QED) is 0.153. The molecule has 9 nitrogen and oxygen atoms in total. The molecule has 0 fully saturated rings. The fraction of sp³-hybridized carbons (Fsp3) is 0.192. The molecule has 4 aromatic rings. The van der Waals surface area contributed by atoms with Gasteiger partial charge in [-0.05, 0) is 55.0 Å². The molecule has 0 saturated carbocycles. The number of alkyl halides is 3. The average Bonchev–Trinajstić information content (AvgIpc) is 3.35. The Morgan fingerprint density at radius 2 is 1.82 bits per heavy atom.